The highest BCUT2D eigenvalue weighted by molar-refractivity contribution is 9.11. The largest absolute Gasteiger partial charge is 0.0517 e. The zero-order valence-corrected chi connectivity index (χ0v) is 9.24. The molecule has 0 heterocycles. The maximum Gasteiger partial charge on any atom is 0.0192 e. The molecule has 2 heteroatoms. The Kier molecular flexibility index (Phi) is 3.34. The van der Waals surface area contributed by atoms with Gasteiger partial charge in [0, 0.05) is 8.95 Å². The lowest BCUT2D eigenvalue weighted by atomic mass is 10.2. The molecule has 11 heavy (non-hydrogen) atoms. The highest BCUT2D eigenvalue weighted by Gasteiger charge is 1.92. The third kappa shape index (κ3) is 2.80. The zero-order valence-electron chi connectivity index (χ0n) is 6.07. The molecule has 1 aromatic carbocycles. The Labute approximate surface area is 83.6 Å². The molecule has 0 aliphatic rings. The Hall–Kier alpha value is -0.0800. The van der Waals surface area contributed by atoms with Gasteiger partial charge in [-0.2, -0.15) is 0 Å². The minimum absolute atomic E-state index is 1.08. The molecule has 0 atom stereocenters. The maximum absolute atomic E-state index is 3.41. The van der Waals surface area contributed by atoms with Crippen molar-refractivity contribution in [1.29, 1.82) is 0 Å². The van der Waals surface area contributed by atoms with E-state index in [0.29, 0.717) is 0 Å². The van der Waals surface area contributed by atoms with Crippen LogP contribution in [0.1, 0.15) is 12.5 Å². The molecule has 0 aliphatic carbocycles. The van der Waals surface area contributed by atoms with Gasteiger partial charge in [0.25, 0.3) is 0 Å². The molecule has 0 saturated carbocycles. The Morgan fingerprint density at radius 3 is 2.18 bits per heavy atom. The van der Waals surface area contributed by atoms with Gasteiger partial charge in [-0.15, -0.1) is 0 Å². The van der Waals surface area contributed by atoms with Crippen LogP contribution in [-0.4, -0.2) is 0 Å². The minimum atomic E-state index is 1.08. The van der Waals surface area contributed by atoms with Crippen molar-refractivity contribution in [2.75, 3.05) is 0 Å². The summed E-state index contributed by atoms with van der Waals surface area (Å²) in [4.78, 5) is 0. The SMILES string of the molecule is C[C]=Cc1cc(Br)cc(Br)c1. The lowest BCUT2D eigenvalue weighted by molar-refractivity contribution is 1.55. The summed E-state index contributed by atoms with van der Waals surface area (Å²) in [5.74, 6) is 0. The van der Waals surface area contributed by atoms with Gasteiger partial charge in [-0.25, -0.2) is 0 Å². The predicted octanol–water partition coefficient (Wildman–Crippen LogP) is 4.05. The Morgan fingerprint density at radius 2 is 1.73 bits per heavy atom. The molecule has 0 aliphatic heterocycles. The van der Waals surface area contributed by atoms with Crippen molar-refractivity contribution in [2.24, 2.45) is 0 Å². The average Bonchev–Trinajstić information content (AvgIpc) is 1.85. The van der Waals surface area contributed by atoms with Crippen LogP contribution >= 0.6 is 31.9 Å². The summed E-state index contributed by atoms with van der Waals surface area (Å²) in [6, 6.07) is 6.09. The molecule has 1 radical (unpaired) electrons. The molecule has 0 aromatic heterocycles. The molecule has 0 bridgehead atoms. The first-order valence-corrected chi connectivity index (χ1v) is 4.77. The van der Waals surface area contributed by atoms with E-state index in [4.69, 9.17) is 0 Å². The second-order valence-corrected chi connectivity index (χ2v) is 3.97. The average molecular weight is 275 g/mol. The van der Waals surface area contributed by atoms with Gasteiger partial charge in [-0.1, -0.05) is 37.9 Å². The molecular formula is C9H7Br2. The Morgan fingerprint density at radius 1 is 1.18 bits per heavy atom. The molecule has 0 saturated heterocycles. The summed E-state index contributed by atoms with van der Waals surface area (Å²) >= 11 is 6.81. The summed E-state index contributed by atoms with van der Waals surface area (Å²) in [5, 5.41) is 0. The first-order valence-electron chi connectivity index (χ1n) is 3.19. The molecule has 0 spiro atoms. The molecule has 1 aromatic rings. The highest BCUT2D eigenvalue weighted by Crippen LogP contribution is 2.20. The van der Waals surface area contributed by atoms with Gasteiger partial charge in [0.1, 0.15) is 0 Å². The van der Waals surface area contributed by atoms with E-state index in [0.717, 1.165) is 14.5 Å². The van der Waals surface area contributed by atoms with E-state index in [-0.39, 0.29) is 0 Å². The summed E-state index contributed by atoms with van der Waals surface area (Å²) in [6.07, 6.45) is 4.91. The summed E-state index contributed by atoms with van der Waals surface area (Å²) < 4.78 is 2.15. The lowest BCUT2D eigenvalue weighted by Gasteiger charge is -1.96. The van der Waals surface area contributed by atoms with Crippen molar-refractivity contribution < 1.29 is 0 Å². The van der Waals surface area contributed by atoms with Gasteiger partial charge in [-0.05, 0) is 36.8 Å². The summed E-state index contributed by atoms with van der Waals surface area (Å²) in [6.45, 7) is 1.88. The number of benzene rings is 1. The number of allylic oxidation sites excluding steroid dienone is 1. The predicted molar refractivity (Wildman–Crippen MR) is 55.2 cm³/mol. The molecule has 57 valence electrons. The topological polar surface area (TPSA) is 0 Å². The van der Waals surface area contributed by atoms with Crippen molar-refractivity contribution in [3.8, 4) is 0 Å². The number of hydrogen-bond acceptors (Lipinski definition) is 0. The molecule has 0 amide bonds. The van der Waals surface area contributed by atoms with E-state index in [9.17, 15) is 0 Å². The van der Waals surface area contributed by atoms with E-state index in [1.807, 2.05) is 31.2 Å². The van der Waals surface area contributed by atoms with Crippen molar-refractivity contribution in [2.45, 2.75) is 6.92 Å². The van der Waals surface area contributed by atoms with Crippen LogP contribution in [0.2, 0.25) is 0 Å². The lowest BCUT2D eigenvalue weighted by Crippen LogP contribution is -1.72. The number of rotatable bonds is 1. The van der Waals surface area contributed by atoms with Crippen LogP contribution in [0, 0.1) is 6.08 Å². The molecular weight excluding hydrogens is 268 g/mol. The van der Waals surface area contributed by atoms with Crippen LogP contribution in [0.25, 0.3) is 6.08 Å². The van der Waals surface area contributed by atoms with Gasteiger partial charge in [0.2, 0.25) is 0 Å². The third-order valence-electron chi connectivity index (χ3n) is 1.20. The van der Waals surface area contributed by atoms with Gasteiger partial charge >= 0.3 is 0 Å². The van der Waals surface area contributed by atoms with Crippen LogP contribution in [0.15, 0.2) is 27.1 Å². The van der Waals surface area contributed by atoms with Gasteiger partial charge in [-0.3, -0.25) is 0 Å². The monoisotopic (exact) mass is 273 g/mol. The minimum Gasteiger partial charge on any atom is -0.0517 e. The number of halogens is 2. The fourth-order valence-corrected chi connectivity index (χ4v) is 2.15. The first kappa shape index (κ1) is 9.01. The summed E-state index contributed by atoms with van der Waals surface area (Å²) in [7, 11) is 0. The smallest absolute Gasteiger partial charge is 0.0192 e. The standard InChI is InChI=1S/C9H7Br2/c1-2-3-7-4-8(10)6-9(11)5-7/h3-6H,1H3. The van der Waals surface area contributed by atoms with Crippen LogP contribution in [0.3, 0.4) is 0 Å². The Bertz CT molecular complexity index is 257. The Balaban J connectivity index is 3.08. The van der Waals surface area contributed by atoms with Crippen LogP contribution < -0.4 is 0 Å². The van der Waals surface area contributed by atoms with Crippen LogP contribution in [0.5, 0.6) is 0 Å². The fourth-order valence-electron chi connectivity index (χ4n) is 0.825. The molecule has 0 fully saturated rings. The van der Waals surface area contributed by atoms with Crippen molar-refractivity contribution in [1.82, 2.24) is 0 Å². The maximum atomic E-state index is 3.41. The normalized spacial score (nSPS) is 10.8. The van der Waals surface area contributed by atoms with E-state index in [1.165, 1.54) is 0 Å². The third-order valence-corrected chi connectivity index (χ3v) is 2.11. The van der Waals surface area contributed by atoms with Crippen LogP contribution in [-0.2, 0) is 0 Å². The van der Waals surface area contributed by atoms with E-state index in [1.54, 1.807) is 0 Å². The molecule has 0 unspecified atom stereocenters. The second-order valence-electron chi connectivity index (χ2n) is 2.14. The molecule has 1 rings (SSSR count). The van der Waals surface area contributed by atoms with Gasteiger partial charge < -0.3 is 0 Å². The second kappa shape index (κ2) is 4.07. The number of hydrogen-bond donors (Lipinski definition) is 0. The molecule has 0 nitrogen and oxygen atoms in total. The fraction of sp³-hybridized carbons (Fsp3) is 0.111. The first-order chi connectivity index (χ1) is 5.22. The van der Waals surface area contributed by atoms with Gasteiger partial charge in [0.15, 0.2) is 0 Å². The van der Waals surface area contributed by atoms with E-state index in [2.05, 4.69) is 37.9 Å². The van der Waals surface area contributed by atoms with Crippen molar-refractivity contribution in [3.05, 3.63) is 38.8 Å². The zero-order chi connectivity index (χ0) is 8.27. The molecule has 0 N–H and O–H groups in total. The quantitative estimate of drug-likeness (QED) is 0.725. The van der Waals surface area contributed by atoms with Crippen molar-refractivity contribution >= 4 is 37.9 Å². The van der Waals surface area contributed by atoms with Gasteiger partial charge in [0.05, 0.1) is 0 Å². The van der Waals surface area contributed by atoms with Crippen LogP contribution in [0.4, 0.5) is 0 Å². The van der Waals surface area contributed by atoms with E-state index >= 15 is 0 Å². The van der Waals surface area contributed by atoms with E-state index < -0.39 is 0 Å². The highest BCUT2D eigenvalue weighted by atomic mass is 79.9. The summed E-state index contributed by atoms with van der Waals surface area (Å²) in [5.41, 5.74) is 1.15. The van der Waals surface area contributed by atoms with Crippen molar-refractivity contribution in [3.63, 3.8) is 0 Å².